The third-order valence-corrected chi connectivity index (χ3v) is 15.5. The van der Waals surface area contributed by atoms with Crippen LogP contribution in [0.15, 0.2) is 46.0 Å². The molecule has 2 aromatic carbocycles. The number of esters is 1. The summed E-state index contributed by atoms with van der Waals surface area (Å²) in [6, 6.07) is 9.23. The summed E-state index contributed by atoms with van der Waals surface area (Å²) in [5.74, 6) is -0.700. The standard InChI is InChI=1S/C35H47Cl2N3O6Si/c1-11-16-45-34(43)29(17-24-12-14-25(15-13-24)30-23(8)39(9)35(44)40(10)33(30)42)38-32(41)31-27(36)18-26(19-28(31)37)46-47(20(2)3,21(4)5)22(6)7/h12-15,18-22,29H,11,16-17H2,1-10H3,(H,38,41). The van der Waals surface area contributed by atoms with Crippen LogP contribution in [0.4, 0.5) is 0 Å². The first-order valence-corrected chi connectivity index (χ1v) is 18.9. The first-order valence-electron chi connectivity index (χ1n) is 16.0. The number of aromatic nitrogens is 2. The summed E-state index contributed by atoms with van der Waals surface area (Å²) in [5, 5.41) is 3.00. The van der Waals surface area contributed by atoms with Gasteiger partial charge >= 0.3 is 11.7 Å². The Hall–Kier alpha value is -3.34. The molecule has 0 aliphatic carbocycles. The van der Waals surface area contributed by atoms with E-state index in [1.807, 2.05) is 6.92 Å². The monoisotopic (exact) mass is 703 g/mol. The molecule has 3 rings (SSSR count). The number of rotatable bonds is 13. The van der Waals surface area contributed by atoms with Crippen LogP contribution >= 0.6 is 23.2 Å². The van der Waals surface area contributed by atoms with Gasteiger partial charge in [-0.05, 0) is 53.2 Å². The summed E-state index contributed by atoms with van der Waals surface area (Å²) >= 11 is 13.3. The Morgan fingerprint density at radius 2 is 1.43 bits per heavy atom. The van der Waals surface area contributed by atoms with E-state index in [0.29, 0.717) is 51.2 Å². The lowest BCUT2D eigenvalue weighted by atomic mass is 10.00. The topological polar surface area (TPSA) is 109 Å². The lowest BCUT2D eigenvalue weighted by Gasteiger charge is -2.42. The van der Waals surface area contributed by atoms with E-state index >= 15 is 0 Å². The van der Waals surface area contributed by atoms with Crippen molar-refractivity contribution in [2.75, 3.05) is 6.61 Å². The van der Waals surface area contributed by atoms with Crippen LogP contribution in [0.25, 0.3) is 11.1 Å². The van der Waals surface area contributed by atoms with E-state index in [-0.39, 0.29) is 28.6 Å². The van der Waals surface area contributed by atoms with E-state index in [1.54, 1.807) is 50.4 Å². The number of carbonyl (C=O) groups excluding carboxylic acids is 2. The Labute approximate surface area is 288 Å². The van der Waals surface area contributed by atoms with Gasteiger partial charge in [0.1, 0.15) is 11.8 Å². The molecule has 12 heteroatoms. The minimum Gasteiger partial charge on any atom is -0.543 e. The van der Waals surface area contributed by atoms with Crippen LogP contribution in [0.3, 0.4) is 0 Å². The number of ether oxygens (including phenoxy) is 1. The number of benzene rings is 2. The Balaban J connectivity index is 1.92. The Morgan fingerprint density at radius 1 is 0.894 bits per heavy atom. The molecular formula is C35H47Cl2N3O6Si. The Morgan fingerprint density at radius 3 is 1.91 bits per heavy atom. The number of hydrogen-bond donors (Lipinski definition) is 1. The minimum atomic E-state index is -2.31. The SMILES string of the molecule is CCCOC(=O)C(Cc1ccc(-c2c(C)n(C)c(=O)n(C)c2=O)cc1)NC(=O)c1c(Cl)cc(O[Si](C(C)C)(C(C)C)C(C)C)cc1Cl. The predicted molar refractivity (Wildman–Crippen MR) is 191 cm³/mol. The van der Waals surface area contributed by atoms with Gasteiger partial charge in [-0.15, -0.1) is 0 Å². The Kier molecular flexibility index (Phi) is 12.7. The molecule has 0 fully saturated rings. The summed E-state index contributed by atoms with van der Waals surface area (Å²) in [5.41, 5.74) is 2.47. The van der Waals surface area contributed by atoms with Gasteiger partial charge in [-0.2, -0.15) is 0 Å². The average molecular weight is 705 g/mol. The first kappa shape index (κ1) is 38.1. The molecule has 0 aliphatic rings. The fourth-order valence-corrected chi connectivity index (χ4v) is 12.3. The number of halogens is 2. The fraction of sp³-hybridized carbons (Fsp3) is 0.486. The molecule has 1 aromatic heterocycles. The molecule has 0 radical (unpaired) electrons. The highest BCUT2D eigenvalue weighted by Crippen LogP contribution is 2.44. The highest BCUT2D eigenvalue weighted by molar-refractivity contribution is 6.78. The molecule has 0 saturated heterocycles. The highest BCUT2D eigenvalue weighted by atomic mass is 35.5. The van der Waals surface area contributed by atoms with Gasteiger partial charge in [0.2, 0.25) is 0 Å². The van der Waals surface area contributed by atoms with E-state index in [9.17, 15) is 19.2 Å². The zero-order valence-electron chi connectivity index (χ0n) is 29.0. The number of nitrogens with one attached hydrogen (secondary N) is 1. The molecule has 0 spiro atoms. The third-order valence-electron chi connectivity index (χ3n) is 8.92. The van der Waals surface area contributed by atoms with Gasteiger partial charge in [0.25, 0.3) is 19.8 Å². The largest absolute Gasteiger partial charge is 0.543 e. The predicted octanol–water partition coefficient (Wildman–Crippen LogP) is 7.21. The molecule has 9 nitrogen and oxygen atoms in total. The molecule has 1 N–H and O–H groups in total. The third kappa shape index (κ3) is 8.04. The second kappa shape index (κ2) is 15.7. The van der Waals surface area contributed by atoms with Gasteiger partial charge in [-0.25, -0.2) is 9.59 Å². The number of amides is 1. The van der Waals surface area contributed by atoms with Crippen molar-refractivity contribution < 1.29 is 18.8 Å². The van der Waals surface area contributed by atoms with E-state index in [4.69, 9.17) is 32.4 Å². The summed E-state index contributed by atoms with van der Waals surface area (Å²) in [7, 11) is 0.742. The summed E-state index contributed by atoms with van der Waals surface area (Å²) in [6.07, 6.45) is 0.725. The number of hydrogen-bond acceptors (Lipinski definition) is 6. The first-order chi connectivity index (χ1) is 22.0. The van der Waals surface area contributed by atoms with Crippen LogP contribution in [0.5, 0.6) is 5.75 Å². The van der Waals surface area contributed by atoms with Crippen molar-refractivity contribution in [1.29, 1.82) is 0 Å². The van der Waals surface area contributed by atoms with E-state index < -0.39 is 37.5 Å². The van der Waals surface area contributed by atoms with Gasteiger partial charge in [-0.1, -0.05) is 95.9 Å². The summed E-state index contributed by atoms with van der Waals surface area (Å²) in [6.45, 7) is 16.8. The number of nitrogens with zero attached hydrogens (tertiary/aromatic N) is 2. The zero-order valence-corrected chi connectivity index (χ0v) is 31.5. The van der Waals surface area contributed by atoms with Gasteiger partial charge in [0.05, 0.1) is 27.8 Å². The van der Waals surface area contributed by atoms with Crippen molar-refractivity contribution in [3.63, 3.8) is 0 Å². The van der Waals surface area contributed by atoms with Crippen molar-refractivity contribution in [3.05, 3.63) is 84.1 Å². The molecule has 47 heavy (non-hydrogen) atoms. The maximum atomic E-state index is 13.6. The van der Waals surface area contributed by atoms with Crippen molar-refractivity contribution in [1.82, 2.24) is 14.5 Å². The molecule has 0 bridgehead atoms. The van der Waals surface area contributed by atoms with E-state index in [1.165, 1.54) is 11.6 Å². The van der Waals surface area contributed by atoms with Gasteiger partial charge < -0.3 is 19.0 Å². The summed E-state index contributed by atoms with van der Waals surface area (Å²) in [4.78, 5) is 52.0. The van der Waals surface area contributed by atoms with E-state index in [2.05, 4.69) is 46.9 Å². The summed E-state index contributed by atoms with van der Waals surface area (Å²) < 4.78 is 14.6. The second-order valence-electron chi connectivity index (χ2n) is 12.9. The van der Waals surface area contributed by atoms with Gasteiger partial charge in [-0.3, -0.25) is 14.2 Å². The van der Waals surface area contributed by atoms with Crippen LogP contribution in [-0.4, -0.2) is 42.0 Å². The molecule has 256 valence electrons. The van der Waals surface area contributed by atoms with Crippen LogP contribution < -0.4 is 21.0 Å². The molecule has 1 unspecified atom stereocenters. The molecule has 1 atom stereocenters. The van der Waals surface area contributed by atoms with Crippen molar-refractivity contribution in [2.24, 2.45) is 14.1 Å². The molecule has 0 aliphatic heterocycles. The van der Waals surface area contributed by atoms with Gasteiger partial charge in [0.15, 0.2) is 0 Å². The normalized spacial score (nSPS) is 12.5. The smallest absolute Gasteiger partial charge is 0.330 e. The average Bonchev–Trinajstić information content (AvgIpc) is 3.00. The Bertz CT molecular complexity index is 1690. The van der Waals surface area contributed by atoms with Crippen molar-refractivity contribution in [3.8, 4) is 16.9 Å². The maximum absolute atomic E-state index is 13.6. The second-order valence-corrected chi connectivity index (χ2v) is 19.1. The number of carbonyl (C=O) groups is 2. The lowest BCUT2D eigenvalue weighted by Crippen LogP contribution is -2.50. The molecule has 1 amide bonds. The van der Waals surface area contributed by atoms with Crippen molar-refractivity contribution in [2.45, 2.75) is 90.9 Å². The zero-order chi connectivity index (χ0) is 35.4. The fourth-order valence-electron chi connectivity index (χ4n) is 6.43. The van der Waals surface area contributed by atoms with Crippen LogP contribution in [0.1, 0.15) is 76.5 Å². The maximum Gasteiger partial charge on any atom is 0.330 e. The van der Waals surface area contributed by atoms with Crippen LogP contribution in [0.2, 0.25) is 26.7 Å². The van der Waals surface area contributed by atoms with Gasteiger partial charge in [0, 0.05) is 26.2 Å². The minimum absolute atomic E-state index is 0.0382. The molecular weight excluding hydrogens is 657 g/mol. The van der Waals surface area contributed by atoms with Crippen LogP contribution in [0, 0.1) is 6.92 Å². The van der Waals surface area contributed by atoms with E-state index in [0.717, 1.165) is 4.57 Å². The molecule has 1 heterocycles. The highest BCUT2D eigenvalue weighted by Gasteiger charge is 2.47. The molecule has 0 saturated carbocycles. The van der Waals surface area contributed by atoms with Crippen LogP contribution in [-0.2, 0) is 30.0 Å². The molecule has 3 aromatic rings. The quantitative estimate of drug-likeness (QED) is 0.149. The van der Waals surface area contributed by atoms with Crippen molar-refractivity contribution >= 4 is 43.4 Å². The lowest BCUT2D eigenvalue weighted by molar-refractivity contribution is -0.145.